The van der Waals surface area contributed by atoms with Gasteiger partial charge in [-0.1, -0.05) is 18.2 Å². The van der Waals surface area contributed by atoms with Gasteiger partial charge in [0.05, 0.1) is 23.1 Å². The summed E-state index contributed by atoms with van der Waals surface area (Å²) in [7, 11) is -3.26. The van der Waals surface area contributed by atoms with Crippen LogP contribution in [0, 0.1) is 0 Å². The molecule has 1 aliphatic rings. The van der Waals surface area contributed by atoms with Crippen LogP contribution in [0.25, 0.3) is 11.0 Å². The number of aliphatic hydroxyl groups excluding tert-OH is 1. The van der Waals surface area contributed by atoms with E-state index in [0.717, 1.165) is 10.4 Å². The normalized spacial score (nSPS) is 21.7. The van der Waals surface area contributed by atoms with Gasteiger partial charge in [0.2, 0.25) is 0 Å². The Labute approximate surface area is 187 Å². The van der Waals surface area contributed by atoms with Gasteiger partial charge in [0.25, 0.3) is 0 Å². The zero-order valence-electron chi connectivity index (χ0n) is 17.4. The second-order valence-electron chi connectivity index (χ2n) is 7.94. The highest BCUT2D eigenvalue weighted by atomic mass is 32.2. The summed E-state index contributed by atoms with van der Waals surface area (Å²) in [6, 6.07) is 5.88. The first-order valence-electron chi connectivity index (χ1n) is 10.1. The molecule has 178 valence electrons. The minimum atomic E-state index is -4.47. The molecule has 4 rings (SSSR count). The molecule has 1 saturated carbocycles. The molecule has 33 heavy (non-hydrogen) atoms. The number of aliphatic hydroxyl groups is 1. The van der Waals surface area contributed by atoms with Crippen LogP contribution in [0.15, 0.2) is 42.9 Å². The Bertz CT molecular complexity index is 1260. The molecule has 0 bridgehead atoms. The van der Waals surface area contributed by atoms with Crippen molar-refractivity contribution in [2.75, 3.05) is 12.4 Å². The number of anilines is 1. The maximum Gasteiger partial charge on any atom is 0.416 e. The number of aromatic nitrogens is 3. The van der Waals surface area contributed by atoms with Gasteiger partial charge in [-0.25, -0.2) is 9.97 Å². The summed E-state index contributed by atoms with van der Waals surface area (Å²) in [4.78, 5) is 8.43. The van der Waals surface area contributed by atoms with Gasteiger partial charge in [-0.05, 0) is 30.5 Å². The fourth-order valence-corrected chi connectivity index (χ4v) is 4.86. The van der Waals surface area contributed by atoms with Crippen molar-refractivity contribution in [3.05, 3.63) is 54.0 Å². The van der Waals surface area contributed by atoms with Crippen LogP contribution in [0.1, 0.15) is 30.0 Å². The van der Waals surface area contributed by atoms with Crippen LogP contribution in [0.2, 0.25) is 0 Å². The maximum absolute atomic E-state index is 13.3. The summed E-state index contributed by atoms with van der Waals surface area (Å²) < 4.78 is 74.5. The minimum Gasteiger partial charge on any atom is -0.391 e. The molecular formula is C20H22F3N5O4S. The number of nitrogens with one attached hydrogen (secondary N) is 1. The third kappa shape index (κ3) is 4.67. The van der Waals surface area contributed by atoms with Crippen molar-refractivity contribution >= 4 is 27.2 Å². The monoisotopic (exact) mass is 485 g/mol. The zero-order valence-corrected chi connectivity index (χ0v) is 18.3. The number of rotatable bonds is 6. The summed E-state index contributed by atoms with van der Waals surface area (Å²) in [5.74, 6) is 0.348. The van der Waals surface area contributed by atoms with Gasteiger partial charge < -0.3 is 15.0 Å². The Kier molecular flexibility index (Phi) is 6.07. The van der Waals surface area contributed by atoms with Gasteiger partial charge in [-0.3, -0.25) is 4.55 Å². The molecule has 0 spiro atoms. The lowest BCUT2D eigenvalue weighted by atomic mass is 10.1. The number of alkyl halides is 3. The highest BCUT2D eigenvalue weighted by molar-refractivity contribution is 7.83. The lowest BCUT2D eigenvalue weighted by Crippen LogP contribution is -2.41. The molecular weight excluding hydrogens is 463 g/mol. The molecule has 0 radical (unpaired) electrons. The topological polar surface area (TPSA) is 121 Å². The van der Waals surface area contributed by atoms with E-state index < -0.39 is 34.2 Å². The Morgan fingerprint density at radius 1 is 1.21 bits per heavy atom. The average Bonchev–Trinajstić information content (AvgIpc) is 3.34. The molecule has 1 fully saturated rings. The lowest BCUT2D eigenvalue weighted by Gasteiger charge is -2.23. The Morgan fingerprint density at radius 3 is 2.64 bits per heavy atom. The minimum absolute atomic E-state index is 0.0752. The fourth-order valence-electron chi connectivity index (χ4n) is 4.29. The second kappa shape index (κ2) is 8.56. The number of fused-ring (bicyclic) bond motifs is 1. The molecule has 9 nitrogen and oxygen atoms in total. The predicted octanol–water partition coefficient (Wildman–Crippen LogP) is 2.86. The number of nitrogens with zero attached hydrogens (tertiary/aromatic N) is 4. The van der Waals surface area contributed by atoms with E-state index in [1.807, 2.05) is 0 Å². The molecule has 13 heteroatoms. The van der Waals surface area contributed by atoms with Crippen LogP contribution in [0.3, 0.4) is 0 Å². The quantitative estimate of drug-likeness (QED) is 0.459. The highest BCUT2D eigenvalue weighted by Gasteiger charge is 2.40. The van der Waals surface area contributed by atoms with Gasteiger partial charge in [0.15, 0.2) is 0 Å². The average molecular weight is 485 g/mol. The third-order valence-electron chi connectivity index (χ3n) is 5.97. The van der Waals surface area contributed by atoms with Crippen molar-refractivity contribution < 1.29 is 31.2 Å². The second-order valence-corrected chi connectivity index (χ2v) is 9.42. The molecule has 3 aromatic rings. The summed E-state index contributed by atoms with van der Waals surface area (Å²) in [6.45, 7) is -0.101. The number of likely N-dealkylation sites (N-methyl/N-ethyl adjacent to an activating group) is 1. The van der Waals surface area contributed by atoms with Crippen molar-refractivity contribution in [2.45, 2.75) is 43.8 Å². The van der Waals surface area contributed by atoms with Gasteiger partial charge in [0.1, 0.15) is 17.8 Å². The standard InChI is InChI=1S/C20H22F3N5O4S/c1-27(33(30,31)32)16-8-13(9-17(16)29)28-7-6-14-18(25-11-26-19(14)28)24-10-12-4-2-3-5-15(12)20(21,22)23/h2-7,11,13,16-17,29H,8-10H2,1H3,(H,24,25,26)(H,30,31,32)/t13-,16+,17+/m1/s1. The van der Waals surface area contributed by atoms with Crippen LogP contribution in [-0.4, -0.2) is 56.1 Å². The van der Waals surface area contributed by atoms with Crippen molar-refractivity contribution in [1.82, 2.24) is 18.8 Å². The SMILES string of the molecule is CN([C@H]1C[C@@H](n2ccc3c(NCc4ccccc4C(F)(F)F)ncnc32)C[C@@H]1O)S(=O)(=O)O. The van der Waals surface area contributed by atoms with Crippen molar-refractivity contribution in [2.24, 2.45) is 0 Å². The van der Waals surface area contributed by atoms with E-state index in [1.165, 1.54) is 31.6 Å². The van der Waals surface area contributed by atoms with Crippen molar-refractivity contribution in [3.63, 3.8) is 0 Å². The number of hydrogen-bond acceptors (Lipinski definition) is 6. The molecule has 3 atom stereocenters. The summed E-state index contributed by atoms with van der Waals surface area (Å²) in [5.41, 5.74) is -0.163. The number of benzene rings is 1. The van der Waals surface area contributed by atoms with Crippen LogP contribution >= 0.6 is 0 Å². The first-order chi connectivity index (χ1) is 15.5. The molecule has 0 aliphatic heterocycles. The molecule has 2 aromatic heterocycles. The first kappa shape index (κ1) is 23.4. The molecule has 0 amide bonds. The molecule has 2 heterocycles. The van der Waals surface area contributed by atoms with Gasteiger partial charge in [-0.2, -0.15) is 25.9 Å². The number of hydrogen-bond donors (Lipinski definition) is 3. The third-order valence-corrected chi connectivity index (χ3v) is 6.97. The summed E-state index contributed by atoms with van der Waals surface area (Å²) >= 11 is 0. The largest absolute Gasteiger partial charge is 0.416 e. The Hall–Kier alpha value is -2.74. The molecule has 0 unspecified atom stereocenters. The highest BCUT2D eigenvalue weighted by Crippen LogP contribution is 2.37. The predicted molar refractivity (Wildman–Crippen MR) is 114 cm³/mol. The van der Waals surface area contributed by atoms with Crippen LogP contribution in [0.5, 0.6) is 0 Å². The van der Waals surface area contributed by atoms with E-state index in [2.05, 4.69) is 15.3 Å². The maximum atomic E-state index is 13.3. The first-order valence-corrected chi connectivity index (χ1v) is 11.5. The van der Waals surface area contributed by atoms with Crippen molar-refractivity contribution in [1.29, 1.82) is 0 Å². The van der Waals surface area contributed by atoms with E-state index in [0.29, 0.717) is 16.9 Å². The molecule has 1 aromatic carbocycles. The smallest absolute Gasteiger partial charge is 0.391 e. The molecule has 0 saturated heterocycles. The van der Waals surface area contributed by atoms with E-state index in [-0.39, 0.29) is 31.0 Å². The fraction of sp³-hybridized carbons (Fsp3) is 0.400. The van der Waals surface area contributed by atoms with Gasteiger partial charge in [-0.15, -0.1) is 0 Å². The zero-order chi connectivity index (χ0) is 24.0. The van der Waals surface area contributed by atoms with Crippen LogP contribution < -0.4 is 5.32 Å². The lowest BCUT2D eigenvalue weighted by molar-refractivity contribution is -0.138. The Balaban J connectivity index is 1.57. The molecule has 3 N–H and O–H groups in total. The number of halogens is 3. The van der Waals surface area contributed by atoms with Crippen LogP contribution in [0.4, 0.5) is 19.0 Å². The van der Waals surface area contributed by atoms with E-state index in [9.17, 15) is 31.2 Å². The van der Waals surface area contributed by atoms with E-state index in [1.54, 1.807) is 16.8 Å². The van der Waals surface area contributed by atoms with Gasteiger partial charge in [0, 0.05) is 25.8 Å². The Morgan fingerprint density at radius 2 is 1.94 bits per heavy atom. The summed E-state index contributed by atoms with van der Waals surface area (Å²) in [5, 5.41) is 13.9. The molecule has 1 aliphatic carbocycles. The van der Waals surface area contributed by atoms with E-state index in [4.69, 9.17) is 0 Å². The van der Waals surface area contributed by atoms with E-state index >= 15 is 0 Å². The van der Waals surface area contributed by atoms with Crippen molar-refractivity contribution in [3.8, 4) is 0 Å². The van der Waals surface area contributed by atoms with Gasteiger partial charge >= 0.3 is 16.5 Å². The van der Waals surface area contributed by atoms with Crippen LogP contribution in [-0.2, 0) is 23.0 Å². The summed E-state index contributed by atoms with van der Waals surface area (Å²) in [6.07, 6.45) is -1.99.